The molecule has 0 bridgehead atoms. The van der Waals surface area contributed by atoms with Crippen LogP contribution >= 0.6 is 11.3 Å². The summed E-state index contributed by atoms with van der Waals surface area (Å²) in [6.45, 7) is 2.29. The molecule has 2 aromatic heterocycles. The highest BCUT2D eigenvalue weighted by molar-refractivity contribution is 7.13. The van der Waals surface area contributed by atoms with Gasteiger partial charge in [-0.1, -0.05) is 11.2 Å². The van der Waals surface area contributed by atoms with Crippen molar-refractivity contribution in [3.63, 3.8) is 0 Å². The number of hydrogen-bond acceptors (Lipinski definition) is 5. The van der Waals surface area contributed by atoms with Crippen molar-refractivity contribution in [2.75, 3.05) is 20.1 Å². The average Bonchev–Trinajstić information content (AvgIpc) is 2.86. The zero-order valence-electron chi connectivity index (χ0n) is 9.22. The van der Waals surface area contributed by atoms with Crippen molar-refractivity contribution < 1.29 is 4.52 Å². The summed E-state index contributed by atoms with van der Waals surface area (Å²) in [5.41, 5.74) is 6.43. The number of nitrogens with two attached hydrogens (primary N) is 1. The molecule has 2 N–H and O–H groups in total. The van der Waals surface area contributed by atoms with Crippen LogP contribution in [0.1, 0.15) is 5.69 Å². The van der Waals surface area contributed by atoms with Crippen LogP contribution in [0.25, 0.3) is 10.6 Å². The molecule has 4 nitrogen and oxygen atoms in total. The van der Waals surface area contributed by atoms with E-state index in [0.717, 1.165) is 29.4 Å². The van der Waals surface area contributed by atoms with E-state index >= 15 is 0 Å². The van der Waals surface area contributed by atoms with Crippen molar-refractivity contribution in [3.8, 4) is 10.6 Å². The largest absolute Gasteiger partial charge is 0.355 e. The molecule has 0 radical (unpaired) electrons. The van der Waals surface area contributed by atoms with Crippen LogP contribution in [0.3, 0.4) is 0 Å². The first-order valence-electron chi connectivity index (χ1n) is 5.17. The van der Waals surface area contributed by atoms with Gasteiger partial charge in [0.15, 0.2) is 5.76 Å². The van der Waals surface area contributed by atoms with Crippen LogP contribution in [0, 0.1) is 0 Å². The minimum absolute atomic E-state index is 0.659. The Morgan fingerprint density at radius 1 is 1.56 bits per heavy atom. The third-order valence-electron chi connectivity index (χ3n) is 2.27. The fraction of sp³-hybridized carbons (Fsp3) is 0.364. The van der Waals surface area contributed by atoms with Crippen LogP contribution < -0.4 is 5.73 Å². The average molecular weight is 237 g/mol. The predicted molar refractivity (Wildman–Crippen MR) is 65.2 cm³/mol. The third-order valence-corrected chi connectivity index (χ3v) is 3.15. The number of rotatable bonds is 5. The molecular weight excluding hydrogens is 222 g/mol. The molecule has 0 atom stereocenters. The van der Waals surface area contributed by atoms with E-state index in [1.165, 1.54) is 0 Å². The smallest absolute Gasteiger partial charge is 0.177 e. The second kappa shape index (κ2) is 5.25. The van der Waals surface area contributed by atoms with E-state index in [1.807, 2.05) is 30.6 Å². The van der Waals surface area contributed by atoms with Crippen LogP contribution in [0.2, 0.25) is 0 Å². The molecule has 0 saturated carbocycles. The lowest BCUT2D eigenvalue weighted by Gasteiger charge is -2.12. The minimum Gasteiger partial charge on any atom is -0.355 e. The minimum atomic E-state index is 0.659. The summed E-state index contributed by atoms with van der Waals surface area (Å²) in [4.78, 5) is 3.23. The highest BCUT2D eigenvalue weighted by Gasteiger charge is 2.08. The Morgan fingerprint density at radius 3 is 3.12 bits per heavy atom. The van der Waals surface area contributed by atoms with Gasteiger partial charge in [-0.15, -0.1) is 11.3 Å². The number of likely N-dealkylation sites (N-methyl/N-ethyl adjacent to an activating group) is 1. The number of hydrogen-bond donors (Lipinski definition) is 1. The third kappa shape index (κ3) is 2.69. The molecule has 2 heterocycles. The zero-order chi connectivity index (χ0) is 11.4. The molecule has 0 aliphatic rings. The van der Waals surface area contributed by atoms with Crippen molar-refractivity contribution in [2.24, 2.45) is 5.73 Å². The Kier molecular flexibility index (Phi) is 3.71. The number of nitrogens with zero attached hydrogens (tertiary/aromatic N) is 2. The summed E-state index contributed by atoms with van der Waals surface area (Å²) in [6.07, 6.45) is 0. The van der Waals surface area contributed by atoms with Gasteiger partial charge in [-0.05, 0) is 18.5 Å². The van der Waals surface area contributed by atoms with E-state index in [1.54, 1.807) is 11.3 Å². The van der Waals surface area contributed by atoms with Gasteiger partial charge in [0.05, 0.1) is 10.6 Å². The second-order valence-electron chi connectivity index (χ2n) is 3.69. The summed E-state index contributed by atoms with van der Waals surface area (Å²) in [5, 5.41) is 6.07. The van der Waals surface area contributed by atoms with Crippen LogP contribution in [-0.4, -0.2) is 30.2 Å². The molecule has 0 aromatic carbocycles. The van der Waals surface area contributed by atoms with Crippen LogP contribution in [0.5, 0.6) is 0 Å². The molecule has 2 rings (SSSR count). The van der Waals surface area contributed by atoms with Crippen molar-refractivity contribution in [2.45, 2.75) is 6.54 Å². The SMILES string of the molecule is CN(CCN)Cc1cc(-c2cccs2)on1. The van der Waals surface area contributed by atoms with Gasteiger partial charge < -0.3 is 10.3 Å². The monoisotopic (exact) mass is 237 g/mol. The molecule has 86 valence electrons. The van der Waals surface area contributed by atoms with E-state index in [9.17, 15) is 0 Å². The van der Waals surface area contributed by atoms with E-state index in [4.69, 9.17) is 10.3 Å². The molecule has 0 aliphatic carbocycles. The fourth-order valence-corrected chi connectivity index (χ4v) is 2.17. The summed E-state index contributed by atoms with van der Waals surface area (Å²) < 4.78 is 5.29. The van der Waals surface area contributed by atoms with E-state index in [-0.39, 0.29) is 0 Å². The van der Waals surface area contributed by atoms with Gasteiger partial charge in [0.25, 0.3) is 0 Å². The predicted octanol–water partition coefficient (Wildman–Crippen LogP) is 1.79. The van der Waals surface area contributed by atoms with E-state index < -0.39 is 0 Å². The van der Waals surface area contributed by atoms with Crippen LogP contribution in [0.4, 0.5) is 0 Å². The van der Waals surface area contributed by atoms with Gasteiger partial charge in [0, 0.05) is 25.7 Å². The maximum absolute atomic E-state index is 5.48. The quantitative estimate of drug-likeness (QED) is 0.861. The lowest BCUT2D eigenvalue weighted by molar-refractivity contribution is 0.319. The molecule has 2 aromatic rings. The lowest BCUT2D eigenvalue weighted by atomic mass is 10.3. The van der Waals surface area contributed by atoms with Gasteiger partial charge >= 0.3 is 0 Å². The Labute approximate surface area is 98.7 Å². The first-order valence-corrected chi connectivity index (χ1v) is 6.05. The Balaban J connectivity index is 2.03. The van der Waals surface area contributed by atoms with Crippen molar-refractivity contribution in [1.29, 1.82) is 0 Å². The van der Waals surface area contributed by atoms with Gasteiger partial charge in [-0.25, -0.2) is 0 Å². The van der Waals surface area contributed by atoms with Crippen molar-refractivity contribution in [1.82, 2.24) is 10.1 Å². The van der Waals surface area contributed by atoms with Gasteiger partial charge in [0.2, 0.25) is 0 Å². The topological polar surface area (TPSA) is 55.3 Å². The van der Waals surface area contributed by atoms with Crippen molar-refractivity contribution in [3.05, 3.63) is 29.3 Å². The van der Waals surface area contributed by atoms with Gasteiger partial charge in [0.1, 0.15) is 0 Å². The summed E-state index contributed by atoms with van der Waals surface area (Å²) >= 11 is 1.65. The maximum atomic E-state index is 5.48. The Hall–Kier alpha value is -1.17. The Bertz CT molecular complexity index is 424. The molecule has 0 spiro atoms. The second-order valence-corrected chi connectivity index (χ2v) is 4.63. The number of thiophene rings is 1. The van der Waals surface area contributed by atoms with E-state index in [0.29, 0.717) is 6.54 Å². The highest BCUT2D eigenvalue weighted by Crippen LogP contribution is 2.25. The van der Waals surface area contributed by atoms with Gasteiger partial charge in [-0.3, -0.25) is 4.90 Å². The molecule has 0 amide bonds. The molecule has 0 unspecified atom stereocenters. The van der Waals surface area contributed by atoms with Crippen molar-refractivity contribution >= 4 is 11.3 Å². The summed E-state index contributed by atoms with van der Waals surface area (Å²) in [7, 11) is 2.02. The molecule has 0 saturated heterocycles. The lowest BCUT2D eigenvalue weighted by Crippen LogP contribution is -2.25. The van der Waals surface area contributed by atoms with Crippen LogP contribution in [0.15, 0.2) is 28.1 Å². The van der Waals surface area contributed by atoms with E-state index in [2.05, 4.69) is 10.1 Å². The standard InChI is InChI=1S/C11H15N3OS/c1-14(5-4-12)8-9-7-10(15-13-9)11-3-2-6-16-11/h2-3,6-7H,4-5,8,12H2,1H3. The maximum Gasteiger partial charge on any atom is 0.177 e. The van der Waals surface area contributed by atoms with Gasteiger partial charge in [-0.2, -0.15) is 0 Å². The van der Waals surface area contributed by atoms with Crippen LogP contribution in [-0.2, 0) is 6.54 Å². The Morgan fingerprint density at radius 2 is 2.44 bits per heavy atom. The summed E-state index contributed by atoms with van der Waals surface area (Å²) in [6, 6.07) is 6.01. The number of aromatic nitrogens is 1. The first kappa shape index (κ1) is 11.3. The normalized spacial score (nSPS) is 11.2. The fourth-order valence-electron chi connectivity index (χ4n) is 1.50. The zero-order valence-corrected chi connectivity index (χ0v) is 10.0. The summed E-state index contributed by atoms with van der Waals surface area (Å²) in [5.74, 6) is 0.839. The first-order chi connectivity index (χ1) is 7.79. The molecule has 16 heavy (non-hydrogen) atoms. The molecule has 0 aliphatic heterocycles. The molecule has 0 fully saturated rings. The molecular formula is C11H15N3OS. The molecule has 5 heteroatoms. The highest BCUT2D eigenvalue weighted by atomic mass is 32.1.